The molecule has 3 nitrogen and oxygen atoms in total. The highest BCUT2D eigenvalue weighted by Crippen LogP contribution is 2.14. The lowest BCUT2D eigenvalue weighted by molar-refractivity contribution is -0.175. The Hall–Kier alpha value is -1.18. The van der Waals surface area contributed by atoms with Gasteiger partial charge < -0.3 is 4.74 Å². The van der Waals surface area contributed by atoms with E-state index in [1.54, 1.807) is 12.1 Å². The monoisotopic (exact) mass is 266 g/mol. The van der Waals surface area contributed by atoms with Crippen LogP contribution in [0.1, 0.15) is 5.56 Å². The van der Waals surface area contributed by atoms with Crippen LogP contribution in [0.5, 0.6) is 0 Å². The van der Waals surface area contributed by atoms with Gasteiger partial charge in [0.15, 0.2) is 0 Å². The molecule has 7 heteroatoms. The molecule has 1 unspecified atom stereocenters. The van der Waals surface area contributed by atoms with Gasteiger partial charge in [0, 0.05) is 6.04 Å². The van der Waals surface area contributed by atoms with Crippen molar-refractivity contribution in [3.63, 3.8) is 0 Å². The van der Waals surface area contributed by atoms with Gasteiger partial charge in [-0.2, -0.15) is 13.2 Å². The summed E-state index contributed by atoms with van der Waals surface area (Å²) in [5, 5.41) is 0. The highest BCUT2D eigenvalue weighted by atomic mass is 19.4. The van der Waals surface area contributed by atoms with E-state index in [4.69, 9.17) is 5.84 Å². The second-order valence-electron chi connectivity index (χ2n) is 3.82. The molecule has 0 aliphatic heterocycles. The van der Waals surface area contributed by atoms with Gasteiger partial charge in [0.25, 0.3) is 0 Å². The molecule has 0 amide bonds. The third-order valence-electron chi connectivity index (χ3n) is 2.22. The van der Waals surface area contributed by atoms with Crippen molar-refractivity contribution in [1.82, 2.24) is 5.43 Å². The fraction of sp³-hybridized carbons (Fsp3) is 0.455. The molecule has 1 aromatic carbocycles. The number of ether oxygens (including phenoxy) is 1. The zero-order valence-corrected chi connectivity index (χ0v) is 9.51. The number of nitrogens with two attached hydrogens (primary N) is 1. The first-order valence-electron chi connectivity index (χ1n) is 5.26. The molecule has 0 spiro atoms. The Balaban J connectivity index is 2.40. The number of alkyl halides is 3. The van der Waals surface area contributed by atoms with Gasteiger partial charge >= 0.3 is 6.18 Å². The predicted molar refractivity (Wildman–Crippen MR) is 58.1 cm³/mol. The van der Waals surface area contributed by atoms with Crippen LogP contribution in [0.4, 0.5) is 17.6 Å². The van der Waals surface area contributed by atoms with Crippen LogP contribution in [-0.2, 0) is 11.2 Å². The summed E-state index contributed by atoms with van der Waals surface area (Å²) in [6.07, 6.45) is -4.00. The van der Waals surface area contributed by atoms with E-state index in [-0.39, 0.29) is 12.4 Å². The van der Waals surface area contributed by atoms with Crippen molar-refractivity contribution in [3.05, 3.63) is 35.6 Å². The van der Waals surface area contributed by atoms with E-state index in [1.807, 2.05) is 0 Å². The van der Waals surface area contributed by atoms with E-state index < -0.39 is 18.8 Å². The summed E-state index contributed by atoms with van der Waals surface area (Å²) in [5.74, 6) is 4.84. The highest BCUT2D eigenvalue weighted by Gasteiger charge is 2.27. The number of benzene rings is 1. The number of hydrazine groups is 1. The molecule has 0 bridgehead atoms. The Morgan fingerprint density at radius 3 is 2.33 bits per heavy atom. The Morgan fingerprint density at radius 2 is 1.83 bits per heavy atom. The van der Waals surface area contributed by atoms with Crippen LogP contribution >= 0.6 is 0 Å². The number of nitrogens with one attached hydrogen (secondary N) is 1. The summed E-state index contributed by atoms with van der Waals surface area (Å²) in [4.78, 5) is 0. The van der Waals surface area contributed by atoms with E-state index in [9.17, 15) is 17.6 Å². The van der Waals surface area contributed by atoms with Crippen molar-refractivity contribution in [2.24, 2.45) is 5.84 Å². The molecule has 1 aromatic rings. The van der Waals surface area contributed by atoms with Gasteiger partial charge in [-0.05, 0) is 24.1 Å². The zero-order valence-electron chi connectivity index (χ0n) is 9.51. The molecule has 0 aromatic heterocycles. The van der Waals surface area contributed by atoms with Gasteiger partial charge in [-0.1, -0.05) is 12.1 Å². The van der Waals surface area contributed by atoms with Crippen molar-refractivity contribution >= 4 is 0 Å². The molecule has 0 aliphatic carbocycles. The smallest absolute Gasteiger partial charge is 0.370 e. The SMILES string of the molecule is NNC(COCC(F)(F)F)Cc1ccc(F)cc1. The number of halogens is 4. The molecule has 1 atom stereocenters. The minimum atomic E-state index is -4.35. The lowest BCUT2D eigenvalue weighted by Crippen LogP contribution is -2.41. The molecule has 1 rings (SSSR count). The predicted octanol–water partition coefficient (Wildman–Crippen LogP) is 1.78. The van der Waals surface area contributed by atoms with Crippen molar-refractivity contribution in [2.75, 3.05) is 13.2 Å². The molecule has 0 radical (unpaired) electrons. The summed E-state index contributed by atoms with van der Waals surface area (Å²) in [5.41, 5.74) is 3.12. The van der Waals surface area contributed by atoms with Crippen LogP contribution in [0, 0.1) is 5.82 Å². The largest absolute Gasteiger partial charge is 0.411 e. The number of hydrogen-bond acceptors (Lipinski definition) is 3. The highest BCUT2D eigenvalue weighted by molar-refractivity contribution is 5.17. The lowest BCUT2D eigenvalue weighted by Gasteiger charge is -2.16. The third-order valence-corrected chi connectivity index (χ3v) is 2.22. The first-order chi connectivity index (χ1) is 8.40. The van der Waals surface area contributed by atoms with E-state index in [1.165, 1.54) is 12.1 Å². The second-order valence-corrected chi connectivity index (χ2v) is 3.82. The summed E-state index contributed by atoms with van der Waals surface area (Å²) in [7, 11) is 0. The second kappa shape index (κ2) is 6.67. The third kappa shape index (κ3) is 5.95. The van der Waals surface area contributed by atoms with E-state index in [0.29, 0.717) is 6.42 Å². The van der Waals surface area contributed by atoms with Gasteiger partial charge in [-0.25, -0.2) is 4.39 Å². The molecule has 0 heterocycles. The van der Waals surface area contributed by atoms with Crippen LogP contribution < -0.4 is 11.3 Å². The number of hydrogen-bond donors (Lipinski definition) is 2. The van der Waals surface area contributed by atoms with Crippen LogP contribution in [0.25, 0.3) is 0 Å². The van der Waals surface area contributed by atoms with Crippen LogP contribution in [-0.4, -0.2) is 25.4 Å². The molecular formula is C11H14F4N2O. The fourth-order valence-corrected chi connectivity index (χ4v) is 1.39. The average molecular weight is 266 g/mol. The molecule has 0 saturated heterocycles. The van der Waals surface area contributed by atoms with Gasteiger partial charge in [-0.3, -0.25) is 11.3 Å². The summed E-state index contributed by atoms with van der Waals surface area (Å²) < 4.78 is 52.7. The summed E-state index contributed by atoms with van der Waals surface area (Å²) >= 11 is 0. The minimum Gasteiger partial charge on any atom is -0.370 e. The summed E-state index contributed by atoms with van der Waals surface area (Å²) in [6.45, 7) is -1.48. The Bertz CT molecular complexity index is 353. The zero-order chi connectivity index (χ0) is 13.6. The minimum absolute atomic E-state index is 0.173. The first-order valence-corrected chi connectivity index (χ1v) is 5.26. The van der Waals surface area contributed by atoms with E-state index in [0.717, 1.165) is 5.56 Å². The topological polar surface area (TPSA) is 47.3 Å². The Morgan fingerprint density at radius 1 is 1.22 bits per heavy atom. The Kier molecular flexibility index (Phi) is 5.52. The van der Waals surface area contributed by atoms with Crippen LogP contribution in [0.15, 0.2) is 24.3 Å². The molecule has 0 aliphatic rings. The first kappa shape index (κ1) is 14.9. The quantitative estimate of drug-likeness (QED) is 0.469. The Labute approximate surface area is 102 Å². The van der Waals surface area contributed by atoms with Crippen molar-refractivity contribution in [1.29, 1.82) is 0 Å². The van der Waals surface area contributed by atoms with Crippen LogP contribution in [0.2, 0.25) is 0 Å². The van der Waals surface area contributed by atoms with Crippen LogP contribution in [0.3, 0.4) is 0 Å². The molecule has 0 saturated carbocycles. The maximum absolute atomic E-state index is 12.6. The normalized spacial score (nSPS) is 13.6. The number of rotatable bonds is 6. The average Bonchev–Trinajstić information content (AvgIpc) is 2.29. The van der Waals surface area contributed by atoms with Crippen molar-refractivity contribution in [3.8, 4) is 0 Å². The fourth-order valence-electron chi connectivity index (χ4n) is 1.39. The van der Waals surface area contributed by atoms with Crippen molar-refractivity contribution in [2.45, 2.75) is 18.6 Å². The van der Waals surface area contributed by atoms with Gasteiger partial charge in [0.1, 0.15) is 12.4 Å². The standard InChI is InChI=1S/C11H14F4N2O/c12-9-3-1-8(2-4-9)5-10(17-16)6-18-7-11(13,14)15/h1-4,10,17H,5-7,16H2. The van der Waals surface area contributed by atoms with E-state index >= 15 is 0 Å². The van der Waals surface area contributed by atoms with Crippen molar-refractivity contribution < 1.29 is 22.3 Å². The van der Waals surface area contributed by atoms with Gasteiger partial charge in [-0.15, -0.1) is 0 Å². The molecule has 3 N–H and O–H groups in total. The molecule has 18 heavy (non-hydrogen) atoms. The lowest BCUT2D eigenvalue weighted by atomic mass is 10.1. The maximum Gasteiger partial charge on any atom is 0.411 e. The molecule has 0 fully saturated rings. The van der Waals surface area contributed by atoms with Gasteiger partial charge in [0.2, 0.25) is 0 Å². The molecule has 102 valence electrons. The summed E-state index contributed by atoms with van der Waals surface area (Å²) in [6, 6.07) is 5.18. The van der Waals surface area contributed by atoms with Gasteiger partial charge in [0.05, 0.1) is 6.61 Å². The molecular weight excluding hydrogens is 252 g/mol. The maximum atomic E-state index is 12.6. The van der Waals surface area contributed by atoms with E-state index in [2.05, 4.69) is 10.2 Å².